The molecule has 5 rings (SSSR count). The minimum Gasteiger partial charge on any atom is -0.486 e. The lowest BCUT2D eigenvalue weighted by Crippen LogP contribution is -2.36. The van der Waals surface area contributed by atoms with E-state index in [1.54, 1.807) is 6.33 Å². The van der Waals surface area contributed by atoms with E-state index < -0.39 is 0 Å². The first-order valence-corrected chi connectivity index (χ1v) is 8.94. The molecule has 2 aromatic heterocycles. The van der Waals surface area contributed by atoms with E-state index in [1.807, 2.05) is 24.4 Å². The summed E-state index contributed by atoms with van der Waals surface area (Å²) in [5.41, 5.74) is 4.51. The largest absolute Gasteiger partial charge is 0.486 e. The molecule has 0 bridgehead atoms. The number of benzene rings is 1. The molecule has 0 saturated carbocycles. The first-order chi connectivity index (χ1) is 12.9. The van der Waals surface area contributed by atoms with E-state index in [0.29, 0.717) is 13.2 Å². The van der Waals surface area contributed by atoms with Crippen molar-refractivity contribution in [3.8, 4) is 11.5 Å². The molecule has 1 atom stereocenters. The summed E-state index contributed by atoms with van der Waals surface area (Å²) in [7, 11) is 0. The lowest BCUT2D eigenvalue weighted by Gasteiger charge is -2.34. The molecule has 6 nitrogen and oxygen atoms in total. The van der Waals surface area contributed by atoms with Gasteiger partial charge >= 0.3 is 0 Å². The second-order valence-electron chi connectivity index (χ2n) is 6.62. The third-order valence-electron chi connectivity index (χ3n) is 4.98. The number of aromatic nitrogens is 3. The summed E-state index contributed by atoms with van der Waals surface area (Å²) < 4.78 is 11.4. The molecular weight excluding hydrogens is 328 g/mol. The molecule has 132 valence electrons. The molecule has 2 aliphatic heterocycles. The molecular formula is C20H20N4O2. The van der Waals surface area contributed by atoms with Gasteiger partial charge in [0, 0.05) is 31.4 Å². The summed E-state index contributed by atoms with van der Waals surface area (Å²) in [6.07, 6.45) is 4.59. The highest BCUT2D eigenvalue weighted by molar-refractivity contribution is 5.44. The fourth-order valence-electron chi connectivity index (χ4n) is 3.78. The molecule has 26 heavy (non-hydrogen) atoms. The van der Waals surface area contributed by atoms with E-state index in [2.05, 4.69) is 38.1 Å². The molecule has 0 radical (unpaired) electrons. The van der Waals surface area contributed by atoms with Crippen molar-refractivity contribution in [1.82, 2.24) is 19.9 Å². The van der Waals surface area contributed by atoms with Crippen molar-refractivity contribution >= 4 is 0 Å². The predicted octanol–water partition coefficient (Wildman–Crippen LogP) is 2.72. The van der Waals surface area contributed by atoms with Gasteiger partial charge in [-0.15, -0.1) is 0 Å². The van der Waals surface area contributed by atoms with Crippen LogP contribution in [0.15, 0.2) is 48.9 Å². The highest BCUT2D eigenvalue weighted by Gasteiger charge is 2.32. The van der Waals surface area contributed by atoms with Crippen LogP contribution in [-0.2, 0) is 13.0 Å². The van der Waals surface area contributed by atoms with E-state index in [0.717, 1.165) is 42.4 Å². The van der Waals surface area contributed by atoms with Crippen LogP contribution in [0.1, 0.15) is 28.7 Å². The monoisotopic (exact) mass is 348 g/mol. The van der Waals surface area contributed by atoms with Crippen LogP contribution in [0.5, 0.6) is 11.5 Å². The number of imidazole rings is 1. The summed E-state index contributed by atoms with van der Waals surface area (Å²) in [4.78, 5) is 14.9. The van der Waals surface area contributed by atoms with Crippen LogP contribution in [0.2, 0.25) is 0 Å². The van der Waals surface area contributed by atoms with Gasteiger partial charge in [0.05, 0.1) is 23.8 Å². The number of fused-ring (bicyclic) bond motifs is 2. The Morgan fingerprint density at radius 2 is 2.00 bits per heavy atom. The fourth-order valence-corrected chi connectivity index (χ4v) is 3.78. The number of rotatable bonds is 3. The van der Waals surface area contributed by atoms with E-state index in [-0.39, 0.29) is 6.04 Å². The summed E-state index contributed by atoms with van der Waals surface area (Å²) >= 11 is 0. The lowest BCUT2D eigenvalue weighted by atomic mass is 9.98. The van der Waals surface area contributed by atoms with Gasteiger partial charge in [0.25, 0.3) is 0 Å². The molecule has 1 aromatic carbocycles. The van der Waals surface area contributed by atoms with Crippen molar-refractivity contribution in [1.29, 1.82) is 0 Å². The highest BCUT2D eigenvalue weighted by atomic mass is 16.6. The third kappa shape index (κ3) is 2.72. The van der Waals surface area contributed by atoms with Gasteiger partial charge in [0.15, 0.2) is 11.5 Å². The zero-order valence-electron chi connectivity index (χ0n) is 14.4. The Labute approximate surface area is 151 Å². The fraction of sp³-hybridized carbons (Fsp3) is 0.300. The zero-order chi connectivity index (χ0) is 17.3. The molecule has 2 aliphatic rings. The van der Waals surface area contributed by atoms with Crippen LogP contribution in [-0.4, -0.2) is 39.6 Å². The summed E-state index contributed by atoms with van der Waals surface area (Å²) in [6, 6.07) is 12.3. The van der Waals surface area contributed by atoms with E-state index >= 15 is 0 Å². The highest BCUT2D eigenvalue weighted by Crippen LogP contribution is 2.35. The lowest BCUT2D eigenvalue weighted by molar-refractivity contribution is 0.170. The quantitative estimate of drug-likeness (QED) is 0.788. The number of nitrogens with zero attached hydrogens (tertiary/aromatic N) is 3. The number of hydrogen-bond acceptors (Lipinski definition) is 5. The topological polar surface area (TPSA) is 63.3 Å². The summed E-state index contributed by atoms with van der Waals surface area (Å²) in [6.45, 7) is 2.98. The average molecular weight is 348 g/mol. The molecule has 0 aliphatic carbocycles. The first-order valence-electron chi connectivity index (χ1n) is 8.94. The predicted molar refractivity (Wildman–Crippen MR) is 96.2 cm³/mol. The zero-order valence-corrected chi connectivity index (χ0v) is 14.4. The van der Waals surface area contributed by atoms with Crippen LogP contribution in [0.25, 0.3) is 0 Å². The number of hydrogen-bond donors (Lipinski definition) is 1. The van der Waals surface area contributed by atoms with E-state index in [4.69, 9.17) is 9.47 Å². The molecule has 0 unspecified atom stereocenters. The second kappa shape index (κ2) is 6.46. The summed E-state index contributed by atoms with van der Waals surface area (Å²) in [5, 5.41) is 0. The maximum Gasteiger partial charge on any atom is 0.161 e. The van der Waals surface area contributed by atoms with E-state index in [1.165, 1.54) is 11.3 Å². The van der Waals surface area contributed by atoms with Gasteiger partial charge in [0.1, 0.15) is 13.2 Å². The van der Waals surface area contributed by atoms with Crippen molar-refractivity contribution in [2.75, 3.05) is 19.8 Å². The van der Waals surface area contributed by atoms with Gasteiger partial charge in [0.2, 0.25) is 0 Å². The Hall–Kier alpha value is -2.86. The number of aromatic amines is 1. The van der Waals surface area contributed by atoms with Crippen LogP contribution in [0.4, 0.5) is 0 Å². The molecule has 0 fully saturated rings. The van der Waals surface area contributed by atoms with Gasteiger partial charge in [-0.2, -0.15) is 0 Å². The number of H-pyrrole nitrogens is 1. The molecule has 1 N–H and O–H groups in total. The van der Waals surface area contributed by atoms with Crippen LogP contribution >= 0.6 is 0 Å². The van der Waals surface area contributed by atoms with Gasteiger partial charge < -0.3 is 14.5 Å². The van der Waals surface area contributed by atoms with Gasteiger partial charge in [-0.05, 0) is 29.8 Å². The molecule has 0 spiro atoms. The van der Waals surface area contributed by atoms with E-state index in [9.17, 15) is 0 Å². The minimum absolute atomic E-state index is 0.0550. The van der Waals surface area contributed by atoms with Crippen molar-refractivity contribution in [3.05, 3.63) is 71.6 Å². The number of pyridine rings is 1. The van der Waals surface area contributed by atoms with Gasteiger partial charge in [-0.25, -0.2) is 4.98 Å². The average Bonchev–Trinajstić information content (AvgIpc) is 3.17. The SMILES string of the molecule is c1ccc([C@@H]2c3nc[nH]c3CCN2Cc2ccc3c(c2)OCCO3)nc1. The number of ether oxygens (including phenoxy) is 2. The maximum atomic E-state index is 5.74. The maximum absolute atomic E-state index is 5.74. The Kier molecular flexibility index (Phi) is 3.83. The molecule has 0 saturated heterocycles. The number of nitrogens with one attached hydrogen (secondary N) is 1. The Morgan fingerprint density at radius 1 is 1.08 bits per heavy atom. The van der Waals surface area contributed by atoms with Crippen molar-refractivity contribution in [3.63, 3.8) is 0 Å². The Morgan fingerprint density at radius 3 is 2.88 bits per heavy atom. The van der Waals surface area contributed by atoms with Crippen LogP contribution in [0.3, 0.4) is 0 Å². The smallest absolute Gasteiger partial charge is 0.161 e. The Balaban J connectivity index is 1.48. The van der Waals surface area contributed by atoms with Crippen LogP contribution < -0.4 is 9.47 Å². The van der Waals surface area contributed by atoms with Gasteiger partial charge in [-0.1, -0.05) is 12.1 Å². The standard InChI is InChI=1S/C20H20N4O2/c1-2-7-21-16(3-1)20-19-15(22-13-23-19)6-8-24(20)12-14-4-5-17-18(11-14)26-10-9-25-17/h1-5,7,11,13,20H,6,8-10,12H2,(H,22,23)/t20-/m1/s1. The first kappa shape index (κ1) is 15.4. The summed E-state index contributed by atoms with van der Waals surface area (Å²) in [5.74, 6) is 1.66. The molecule has 0 amide bonds. The van der Waals surface area contributed by atoms with Crippen molar-refractivity contribution in [2.45, 2.75) is 19.0 Å². The van der Waals surface area contributed by atoms with Gasteiger partial charge in [-0.3, -0.25) is 9.88 Å². The molecule has 3 aromatic rings. The second-order valence-corrected chi connectivity index (χ2v) is 6.62. The normalized spacial score (nSPS) is 19.2. The molecule has 4 heterocycles. The minimum atomic E-state index is 0.0550. The third-order valence-corrected chi connectivity index (χ3v) is 4.98. The van der Waals surface area contributed by atoms with Crippen molar-refractivity contribution < 1.29 is 9.47 Å². The van der Waals surface area contributed by atoms with Crippen molar-refractivity contribution in [2.24, 2.45) is 0 Å². The Bertz CT molecular complexity index is 909. The molecule has 6 heteroatoms. The van der Waals surface area contributed by atoms with Crippen LogP contribution in [0, 0.1) is 0 Å².